The predicted octanol–water partition coefficient (Wildman–Crippen LogP) is 15.7. The number of rotatable bonds is 9. The van der Waals surface area contributed by atoms with E-state index in [0.717, 1.165) is 50.8 Å². The molecule has 2 heterocycles. The van der Waals surface area contributed by atoms with Gasteiger partial charge in [0, 0.05) is 34.5 Å². The van der Waals surface area contributed by atoms with Gasteiger partial charge in [0.25, 0.3) is 0 Å². The highest BCUT2D eigenvalue weighted by atomic mass is 15.2. The lowest BCUT2D eigenvalue weighted by molar-refractivity contribution is 0.731. The van der Waals surface area contributed by atoms with Gasteiger partial charge in [-0.05, 0) is 117 Å². The normalized spacial score (nSPS) is 12.5. The SMILES string of the molecule is c1ccc(-c2ccc(N(c3ccc(-c4ccc5c(c4)N(c4ccccc4)c4ccccc4C5(c4ccccc4)c4ccccc4)cc3)c3ccc(-c4ccccn4)cc3)cc2)cc1. The van der Waals surface area contributed by atoms with Gasteiger partial charge in [-0.25, -0.2) is 0 Å². The number of aromatic nitrogens is 1. The molecule has 0 spiro atoms. The monoisotopic (exact) mass is 805 g/mol. The van der Waals surface area contributed by atoms with Crippen LogP contribution in [0.2, 0.25) is 0 Å². The minimum absolute atomic E-state index is 0.551. The number of hydrogen-bond acceptors (Lipinski definition) is 3. The lowest BCUT2D eigenvalue weighted by atomic mass is 9.62. The summed E-state index contributed by atoms with van der Waals surface area (Å²) in [4.78, 5) is 9.37. The van der Waals surface area contributed by atoms with E-state index in [9.17, 15) is 0 Å². The molecule has 0 amide bonds. The molecule has 0 atom stereocenters. The van der Waals surface area contributed by atoms with Gasteiger partial charge in [0.2, 0.25) is 0 Å². The van der Waals surface area contributed by atoms with E-state index in [2.05, 4.69) is 257 Å². The molecular weight excluding hydrogens is 763 g/mol. The molecule has 0 unspecified atom stereocenters. The van der Waals surface area contributed by atoms with Crippen LogP contribution in [0.15, 0.2) is 261 Å². The van der Waals surface area contributed by atoms with Crippen molar-refractivity contribution < 1.29 is 0 Å². The molecule has 1 aliphatic rings. The van der Waals surface area contributed by atoms with Crippen LogP contribution in [-0.2, 0) is 5.41 Å². The Morgan fingerprint density at radius 1 is 0.333 bits per heavy atom. The molecule has 0 N–H and O–H groups in total. The summed E-state index contributed by atoms with van der Waals surface area (Å²) in [5, 5.41) is 0. The summed E-state index contributed by atoms with van der Waals surface area (Å²) in [5.41, 5.74) is 17.8. The van der Waals surface area contributed by atoms with Crippen molar-refractivity contribution in [1.82, 2.24) is 4.98 Å². The van der Waals surface area contributed by atoms with Crippen molar-refractivity contribution >= 4 is 34.1 Å². The molecule has 0 aliphatic carbocycles. The van der Waals surface area contributed by atoms with E-state index in [-0.39, 0.29) is 0 Å². The lowest BCUT2D eigenvalue weighted by Gasteiger charge is -2.46. The zero-order valence-electron chi connectivity index (χ0n) is 34.7. The van der Waals surface area contributed by atoms with Gasteiger partial charge < -0.3 is 9.80 Å². The topological polar surface area (TPSA) is 19.4 Å². The van der Waals surface area contributed by atoms with Gasteiger partial charge in [0.05, 0.1) is 22.5 Å². The molecule has 1 aliphatic heterocycles. The Bertz CT molecular complexity index is 2990. The fourth-order valence-electron chi connectivity index (χ4n) is 9.49. The number of nitrogens with zero attached hydrogens (tertiary/aromatic N) is 3. The van der Waals surface area contributed by atoms with Crippen molar-refractivity contribution in [2.24, 2.45) is 0 Å². The highest BCUT2D eigenvalue weighted by Gasteiger charge is 2.46. The van der Waals surface area contributed by atoms with Crippen LogP contribution in [-0.4, -0.2) is 4.98 Å². The highest BCUT2D eigenvalue weighted by Crippen LogP contribution is 2.58. The van der Waals surface area contributed by atoms with Crippen molar-refractivity contribution in [1.29, 1.82) is 0 Å². The Morgan fingerprint density at radius 3 is 1.35 bits per heavy atom. The first-order chi connectivity index (χ1) is 31.3. The summed E-state index contributed by atoms with van der Waals surface area (Å²) >= 11 is 0. The molecule has 3 nitrogen and oxygen atoms in total. The molecule has 0 saturated carbocycles. The fraction of sp³-hybridized carbons (Fsp3) is 0.0167. The Balaban J connectivity index is 1.04. The molecule has 3 heteroatoms. The zero-order valence-corrected chi connectivity index (χ0v) is 34.7. The summed E-state index contributed by atoms with van der Waals surface area (Å²) < 4.78 is 0. The Morgan fingerprint density at radius 2 is 0.778 bits per heavy atom. The molecule has 0 bridgehead atoms. The third kappa shape index (κ3) is 6.77. The Hall–Kier alpha value is -8.27. The number of fused-ring (bicyclic) bond motifs is 2. The van der Waals surface area contributed by atoms with Crippen LogP contribution in [0.4, 0.5) is 34.1 Å². The van der Waals surface area contributed by atoms with Gasteiger partial charge in [-0.1, -0.05) is 182 Å². The van der Waals surface area contributed by atoms with Crippen LogP contribution >= 0.6 is 0 Å². The minimum atomic E-state index is -0.551. The number of hydrogen-bond donors (Lipinski definition) is 0. The maximum Gasteiger partial charge on any atom is 0.0742 e. The van der Waals surface area contributed by atoms with Crippen LogP contribution in [0.3, 0.4) is 0 Å². The summed E-state index contributed by atoms with van der Waals surface area (Å²) in [6.45, 7) is 0. The summed E-state index contributed by atoms with van der Waals surface area (Å²) in [6, 6.07) is 91.9. The fourth-order valence-corrected chi connectivity index (χ4v) is 9.49. The second-order valence-electron chi connectivity index (χ2n) is 16.0. The number of para-hydroxylation sites is 2. The second kappa shape index (κ2) is 16.3. The molecule has 0 saturated heterocycles. The van der Waals surface area contributed by atoms with Gasteiger partial charge in [-0.2, -0.15) is 0 Å². The summed E-state index contributed by atoms with van der Waals surface area (Å²) in [5.74, 6) is 0. The standard InChI is InChI=1S/C60H43N3/c1-5-17-44(18-6-1)45-28-35-52(36-29-45)62(54-39-32-47(33-40-54)57-26-15-16-42-61-57)53-37-30-46(31-38-53)48-34-41-56-59(43-48)63(51-23-11-4-12-24-51)58-27-14-13-25-55(58)60(56,49-19-7-2-8-20-49)50-21-9-3-10-22-50/h1-43H. The van der Waals surface area contributed by atoms with E-state index in [0.29, 0.717) is 0 Å². The van der Waals surface area contributed by atoms with Crippen molar-refractivity contribution in [3.8, 4) is 33.5 Å². The first kappa shape index (κ1) is 37.7. The zero-order chi connectivity index (χ0) is 42.0. The first-order valence-electron chi connectivity index (χ1n) is 21.5. The molecular formula is C60H43N3. The summed E-state index contributed by atoms with van der Waals surface area (Å²) in [7, 11) is 0. The Kier molecular flexibility index (Phi) is 9.76. The third-order valence-electron chi connectivity index (χ3n) is 12.4. The molecule has 298 valence electrons. The van der Waals surface area contributed by atoms with E-state index in [4.69, 9.17) is 0 Å². The minimum Gasteiger partial charge on any atom is -0.311 e. The van der Waals surface area contributed by atoms with Gasteiger partial charge in [-0.15, -0.1) is 0 Å². The largest absolute Gasteiger partial charge is 0.311 e. The van der Waals surface area contributed by atoms with Crippen LogP contribution < -0.4 is 9.80 Å². The van der Waals surface area contributed by atoms with Crippen molar-refractivity contribution in [2.75, 3.05) is 9.80 Å². The first-order valence-corrected chi connectivity index (χ1v) is 21.5. The average molecular weight is 806 g/mol. The second-order valence-corrected chi connectivity index (χ2v) is 16.0. The van der Waals surface area contributed by atoms with Gasteiger partial charge in [0.1, 0.15) is 0 Å². The maximum atomic E-state index is 4.60. The van der Waals surface area contributed by atoms with Gasteiger partial charge in [0.15, 0.2) is 0 Å². The summed E-state index contributed by atoms with van der Waals surface area (Å²) in [6.07, 6.45) is 1.84. The molecule has 9 aromatic carbocycles. The van der Waals surface area contributed by atoms with Crippen LogP contribution in [0, 0.1) is 0 Å². The van der Waals surface area contributed by atoms with Gasteiger partial charge in [-0.3, -0.25) is 4.98 Å². The quantitative estimate of drug-likeness (QED) is 0.145. The van der Waals surface area contributed by atoms with E-state index in [1.165, 1.54) is 39.1 Å². The van der Waals surface area contributed by atoms with E-state index >= 15 is 0 Å². The number of pyridine rings is 1. The molecule has 10 aromatic rings. The average Bonchev–Trinajstić information content (AvgIpc) is 3.37. The van der Waals surface area contributed by atoms with Crippen LogP contribution in [0.5, 0.6) is 0 Å². The molecule has 63 heavy (non-hydrogen) atoms. The molecule has 0 radical (unpaired) electrons. The van der Waals surface area contributed by atoms with E-state index in [1.54, 1.807) is 0 Å². The van der Waals surface area contributed by atoms with Crippen molar-refractivity contribution in [2.45, 2.75) is 5.41 Å². The Labute approximate surface area is 369 Å². The lowest BCUT2D eigenvalue weighted by Crippen LogP contribution is -2.37. The van der Waals surface area contributed by atoms with Crippen molar-refractivity contribution in [3.05, 3.63) is 283 Å². The van der Waals surface area contributed by atoms with Crippen LogP contribution in [0.1, 0.15) is 22.3 Å². The number of benzene rings is 9. The van der Waals surface area contributed by atoms with Gasteiger partial charge >= 0.3 is 0 Å². The van der Waals surface area contributed by atoms with E-state index < -0.39 is 5.41 Å². The highest BCUT2D eigenvalue weighted by molar-refractivity contribution is 5.91. The molecule has 11 rings (SSSR count). The number of anilines is 6. The van der Waals surface area contributed by atoms with E-state index in [1.807, 2.05) is 18.3 Å². The molecule has 1 aromatic heterocycles. The van der Waals surface area contributed by atoms with Crippen molar-refractivity contribution in [3.63, 3.8) is 0 Å². The maximum absolute atomic E-state index is 4.60. The smallest absolute Gasteiger partial charge is 0.0742 e. The van der Waals surface area contributed by atoms with Crippen LogP contribution in [0.25, 0.3) is 33.5 Å². The predicted molar refractivity (Wildman–Crippen MR) is 262 cm³/mol. The molecule has 0 fully saturated rings. The third-order valence-corrected chi connectivity index (χ3v) is 12.4.